The summed E-state index contributed by atoms with van der Waals surface area (Å²) in [6.07, 6.45) is 7.92. The maximum Gasteiger partial charge on any atom is 0.303 e. The van der Waals surface area contributed by atoms with E-state index in [9.17, 15) is 9.90 Å². The van der Waals surface area contributed by atoms with Crippen LogP contribution in [0, 0.1) is 23.2 Å². The van der Waals surface area contributed by atoms with E-state index in [4.69, 9.17) is 23.7 Å². The summed E-state index contributed by atoms with van der Waals surface area (Å²) in [4.78, 5) is 16.8. The van der Waals surface area contributed by atoms with E-state index in [1.165, 1.54) is 51.4 Å². The number of hydrogen-bond donors (Lipinski definition) is 2. The number of rotatable bonds is 5. The van der Waals surface area contributed by atoms with Crippen LogP contribution >= 0.6 is 0 Å². The van der Waals surface area contributed by atoms with Gasteiger partial charge in [0, 0.05) is 46.2 Å². The Morgan fingerprint density at radius 1 is 1.04 bits per heavy atom. The molecule has 2 saturated heterocycles. The second-order valence-corrected chi connectivity index (χ2v) is 20.1. The molecule has 1 aromatic heterocycles. The lowest BCUT2D eigenvalue weighted by Gasteiger charge is -2.65. The molecule has 0 bridgehead atoms. The van der Waals surface area contributed by atoms with E-state index in [2.05, 4.69) is 84.7 Å². The van der Waals surface area contributed by atoms with Crippen molar-refractivity contribution in [2.45, 2.75) is 166 Å². The van der Waals surface area contributed by atoms with Crippen LogP contribution < -0.4 is 0 Å². The number of allylic oxidation sites excluding steroid dienone is 1. The van der Waals surface area contributed by atoms with Crippen LogP contribution in [-0.4, -0.2) is 75.6 Å². The van der Waals surface area contributed by atoms with E-state index >= 15 is 0 Å². The molecule has 0 radical (unpaired) electrons. The number of epoxide rings is 1. The smallest absolute Gasteiger partial charge is 0.303 e. The number of carbonyl (C=O) groups is 1. The third kappa shape index (κ3) is 4.68. The van der Waals surface area contributed by atoms with Gasteiger partial charge < -0.3 is 33.8 Å². The Morgan fingerprint density at radius 2 is 1.77 bits per heavy atom. The normalized spacial score (nSPS) is 41.4. The molecule has 0 amide bonds. The molecule has 1 spiro atoms. The third-order valence-corrected chi connectivity index (χ3v) is 15.7. The molecule has 1 aromatic carbocycles. The van der Waals surface area contributed by atoms with Crippen molar-refractivity contribution >= 4 is 22.4 Å². The van der Waals surface area contributed by atoms with Crippen molar-refractivity contribution in [3.05, 3.63) is 52.2 Å². The average Bonchev–Trinajstić information content (AvgIpc) is 3.45. The zero-order chi connectivity index (χ0) is 37.9. The van der Waals surface area contributed by atoms with Crippen LogP contribution in [0.15, 0.2) is 29.9 Å². The third-order valence-electron chi connectivity index (χ3n) is 15.7. The second-order valence-electron chi connectivity index (χ2n) is 20.1. The average molecular weight is 728 g/mol. The van der Waals surface area contributed by atoms with Gasteiger partial charge in [0.05, 0.1) is 30.0 Å². The molecule has 53 heavy (non-hydrogen) atoms. The summed E-state index contributed by atoms with van der Waals surface area (Å²) in [5.41, 5.74) is 5.10. The van der Waals surface area contributed by atoms with Gasteiger partial charge in [0.25, 0.3) is 0 Å². The SMILES string of the molecule is CC(=O)OC1C(C(C)(C)OCC=C(C)C)OCC2CC[C@]3(C)[C@@]4(C)c5[nH]c6cc7c(cc6c5CC4CC[C@@]3(O)C23OC13)CC1C7=CC(C)(C)OC1(C)C. The highest BCUT2D eigenvalue weighted by Crippen LogP contribution is 2.75. The van der Waals surface area contributed by atoms with Gasteiger partial charge in [-0.1, -0.05) is 25.5 Å². The van der Waals surface area contributed by atoms with Crippen molar-refractivity contribution in [1.82, 2.24) is 4.98 Å². The highest BCUT2D eigenvalue weighted by Gasteiger charge is 2.85. The Morgan fingerprint density at radius 3 is 2.49 bits per heavy atom. The standard InChI is InChI=1S/C45H61NO7/c1-24(2)14-17-50-41(8,9)37-35(51-25(3)47)38-45(52-38)28(23-49-37)12-15-42(10)43(11)27(13-16-44(42,45)48)20-31-30-18-26-19-33-32(22-39(4,5)53-40(33,6)7)29(26)21-34(30)46-36(31)43/h14,18,21-22,27-28,33,35,37-38,46,48H,12-13,15-17,19-20,23H2,1-11H3/t27?,28?,33?,35?,37?,38?,42-,43-,44+,45?/m1/s1. The first-order chi connectivity index (χ1) is 24.7. The van der Waals surface area contributed by atoms with Crippen molar-refractivity contribution in [3.8, 4) is 0 Å². The Labute approximate surface area is 315 Å². The molecule has 2 saturated carbocycles. The van der Waals surface area contributed by atoms with Gasteiger partial charge >= 0.3 is 5.97 Å². The number of benzene rings is 1. The zero-order valence-corrected chi connectivity index (χ0v) is 33.8. The summed E-state index contributed by atoms with van der Waals surface area (Å²) in [5, 5.41) is 14.9. The van der Waals surface area contributed by atoms with E-state index in [1.54, 1.807) is 0 Å². The highest BCUT2D eigenvalue weighted by atomic mass is 16.7. The summed E-state index contributed by atoms with van der Waals surface area (Å²) in [6, 6.07) is 4.88. The van der Waals surface area contributed by atoms with Crippen LogP contribution in [-0.2, 0) is 46.7 Å². The molecule has 8 nitrogen and oxygen atoms in total. The first kappa shape index (κ1) is 36.2. The van der Waals surface area contributed by atoms with Crippen LogP contribution in [0.25, 0.3) is 16.5 Å². The molecule has 10 atom stereocenters. The van der Waals surface area contributed by atoms with Gasteiger partial charge in [-0.15, -0.1) is 0 Å². The molecule has 2 N–H and O–H groups in total. The highest BCUT2D eigenvalue weighted by molar-refractivity contribution is 5.92. The molecule has 8 heteroatoms. The van der Waals surface area contributed by atoms with Crippen LogP contribution in [0.1, 0.15) is 124 Å². The quantitative estimate of drug-likeness (QED) is 0.183. The molecule has 288 valence electrons. The largest absolute Gasteiger partial charge is 0.457 e. The summed E-state index contributed by atoms with van der Waals surface area (Å²) in [6.45, 7) is 24.0. The van der Waals surface area contributed by atoms with Gasteiger partial charge in [-0.3, -0.25) is 4.79 Å². The predicted molar refractivity (Wildman–Crippen MR) is 205 cm³/mol. The van der Waals surface area contributed by atoms with Crippen molar-refractivity contribution < 1.29 is 33.6 Å². The number of aliphatic hydroxyl groups is 1. The summed E-state index contributed by atoms with van der Waals surface area (Å²) >= 11 is 0. The van der Waals surface area contributed by atoms with E-state index < -0.39 is 40.5 Å². The number of ether oxygens (including phenoxy) is 5. The lowest BCUT2D eigenvalue weighted by molar-refractivity contribution is -0.241. The number of esters is 1. The van der Waals surface area contributed by atoms with E-state index in [0.717, 1.165) is 32.1 Å². The molecule has 4 heterocycles. The summed E-state index contributed by atoms with van der Waals surface area (Å²) in [5.74, 6) is 0.336. The maximum absolute atomic E-state index is 13.6. The van der Waals surface area contributed by atoms with Gasteiger partial charge in [0.2, 0.25) is 0 Å². The first-order valence-corrected chi connectivity index (χ1v) is 20.3. The first-order valence-electron chi connectivity index (χ1n) is 20.3. The number of fused-ring (bicyclic) bond motifs is 10. The molecule has 9 rings (SSSR count). The Bertz CT molecular complexity index is 1970. The number of nitrogens with one attached hydrogen (secondary N) is 1. The minimum Gasteiger partial charge on any atom is -0.457 e. The van der Waals surface area contributed by atoms with Crippen molar-refractivity contribution in [1.29, 1.82) is 0 Å². The molecule has 7 unspecified atom stereocenters. The number of hydrogen-bond acceptors (Lipinski definition) is 7. The van der Waals surface area contributed by atoms with Gasteiger partial charge in [-0.25, -0.2) is 0 Å². The van der Waals surface area contributed by atoms with Crippen LogP contribution in [0.4, 0.5) is 0 Å². The van der Waals surface area contributed by atoms with E-state index in [0.29, 0.717) is 31.5 Å². The minimum atomic E-state index is -1.15. The van der Waals surface area contributed by atoms with Gasteiger partial charge in [-0.2, -0.15) is 0 Å². The molecule has 3 aliphatic heterocycles. The van der Waals surface area contributed by atoms with Crippen LogP contribution in [0.3, 0.4) is 0 Å². The number of aromatic nitrogens is 1. The van der Waals surface area contributed by atoms with E-state index in [-0.39, 0.29) is 28.5 Å². The maximum atomic E-state index is 13.6. The Hall–Kier alpha value is -2.49. The molecular weight excluding hydrogens is 666 g/mol. The number of carbonyl (C=O) groups excluding carboxylic acids is 1. The topological polar surface area (TPSA) is 103 Å². The fourth-order valence-corrected chi connectivity index (χ4v) is 13.1. The number of aromatic amines is 1. The van der Waals surface area contributed by atoms with Gasteiger partial charge in [0.1, 0.15) is 23.4 Å². The molecule has 4 aliphatic carbocycles. The summed E-state index contributed by atoms with van der Waals surface area (Å²) < 4.78 is 32.8. The molecule has 4 fully saturated rings. The fraction of sp³-hybridized carbons (Fsp3) is 0.711. The zero-order valence-electron chi connectivity index (χ0n) is 33.8. The minimum absolute atomic E-state index is 0.0249. The lowest BCUT2D eigenvalue weighted by Crippen LogP contribution is -2.73. The Kier molecular flexibility index (Phi) is 7.57. The van der Waals surface area contributed by atoms with Crippen molar-refractivity contribution in [3.63, 3.8) is 0 Å². The van der Waals surface area contributed by atoms with Gasteiger partial charge in [-0.05, 0) is 140 Å². The van der Waals surface area contributed by atoms with E-state index in [1.807, 2.05) is 13.8 Å². The monoisotopic (exact) mass is 727 g/mol. The molecular formula is C45H61NO7. The second kappa shape index (κ2) is 11.1. The Balaban J connectivity index is 1.10. The molecule has 7 aliphatic rings. The van der Waals surface area contributed by atoms with Crippen LogP contribution in [0.5, 0.6) is 0 Å². The van der Waals surface area contributed by atoms with Crippen LogP contribution in [0.2, 0.25) is 0 Å². The van der Waals surface area contributed by atoms with Crippen molar-refractivity contribution in [2.24, 2.45) is 23.2 Å². The fourth-order valence-electron chi connectivity index (χ4n) is 13.1. The summed E-state index contributed by atoms with van der Waals surface area (Å²) in [7, 11) is 0. The van der Waals surface area contributed by atoms with Gasteiger partial charge in [0.15, 0.2) is 6.10 Å². The predicted octanol–water partition coefficient (Wildman–Crippen LogP) is 7.91. The lowest BCUT2D eigenvalue weighted by atomic mass is 9.40. The molecule has 2 aromatic rings. The number of H-pyrrole nitrogens is 1. The van der Waals surface area contributed by atoms with Crippen molar-refractivity contribution in [2.75, 3.05) is 13.2 Å².